The van der Waals surface area contributed by atoms with Gasteiger partial charge in [0.2, 0.25) is 10.0 Å². The van der Waals surface area contributed by atoms with Gasteiger partial charge in [0.15, 0.2) is 9.84 Å². The Bertz CT molecular complexity index is 901. The lowest BCUT2D eigenvalue weighted by Gasteiger charge is -2.37. The van der Waals surface area contributed by atoms with Gasteiger partial charge < -0.3 is 9.15 Å². The average Bonchev–Trinajstić information content (AvgIpc) is 3.02. The van der Waals surface area contributed by atoms with E-state index in [1.54, 1.807) is 24.3 Å². The summed E-state index contributed by atoms with van der Waals surface area (Å²) >= 11 is 0. The minimum absolute atomic E-state index is 0.00488. The standard InChI is InChI=1S/C17H21NO6S2/c19-25(20,14-16-8-4-9-24-16)17-12-18(13-17)26(21,22)11-5-10-23-15-6-2-1-3-7-15/h1-4,6-9,17H,5,10-14H2. The maximum Gasteiger partial charge on any atom is 0.214 e. The number of benzene rings is 1. The van der Waals surface area contributed by atoms with E-state index in [0.29, 0.717) is 17.9 Å². The van der Waals surface area contributed by atoms with Gasteiger partial charge in [-0.3, -0.25) is 0 Å². The predicted molar refractivity (Wildman–Crippen MR) is 97.0 cm³/mol. The second-order valence-electron chi connectivity index (χ2n) is 6.16. The maximum absolute atomic E-state index is 12.3. The third-order valence-corrected chi connectivity index (χ3v) is 8.09. The van der Waals surface area contributed by atoms with Crippen LogP contribution in [0.1, 0.15) is 12.2 Å². The predicted octanol–water partition coefficient (Wildman–Crippen LogP) is 1.68. The van der Waals surface area contributed by atoms with Crippen LogP contribution in [0.25, 0.3) is 0 Å². The Morgan fingerprint density at radius 1 is 1.04 bits per heavy atom. The highest BCUT2D eigenvalue weighted by Crippen LogP contribution is 2.24. The molecular weight excluding hydrogens is 378 g/mol. The Morgan fingerprint density at radius 3 is 2.42 bits per heavy atom. The summed E-state index contributed by atoms with van der Waals surface area (Å²) in [6.07, 6.45) is 1.76. The molecule has 0 amide bonds. The Balaban J connectivity index is 1.43. The van der Waals surface area contributed by atoms with Crippen molar-refractivity contribution < 1.29 is 26.0 Å². The molecule has 0 N–H and O–H groups in total. The topological polar surface area (TPSA) is 93.9 Å². The van der Waals surface area contributed by atoms with Gasteiger partial charge >= 0.3 is 0 Å². The lowest BCUT2D eigenvalue weighted by atomic mass is 10.3. The number of hydrogen-bond acceptors (Lipinski definition) is 6. The van der Waals surface area contributed by atoms with Gasteiger partial charge in [-0.15, -0.1) is 0 Å². The molecule has 0 saturated carbocycles. The lowest BCUT2D eigenvalue weighted by Crippen LogP contribution is -2.57. The second-order valence-corrected chi connectivity index (χ2v) is 10.5. The number of sulfonamides is 1. The Hall–Kier alpha value is -1.84. The first kappa shape index (κ1) is 18.9. The van der Waals surface area contributed by atoms with Crippen molar-refractivity contribution in [3.05, 3.63) is 54.5 Å². The van der Waals surface area contributed by atoms with E-state index in [4.69, 9.17) is 9.15 Å². The van der Waals surface area contributed by atoms with Crippen LogP contribution in [0.5, 0.6) is 5.75 Å². The molecule has 1 saturated heterocycles. The molecule has 0 aliphatic carbocycles. The average molecular weight is 399 g/mol. The van der Waals surface area contributed by atoms with Gasteiger partial charge in [-0.25, -0.2) is 16.8 Å². The van der Waals surface area contributed by atoms with Crippen molar-refractivity contribution in [1.82, 2.24) is 4.31 Å². The van der Waals surface area contributed by atoms with Gasteiger partial charge in [0.05, 0.1) is 23.9 Å². The van der Waals surface area contributed by atoms with E-state index in [9.17, 15) is 16.8 Å². The van der Waals surface area contributed by atoms with Gasteiger partial charge in [0.1, 0.15) is 17.3 Å². The van der Waals surface area contributed by atoms with E-state index in [1.807, 2.05) is 18.2 Å². The molecule has 7 nitrogen and oxygen atoms in total. The highest BCUT2D eigenvalue weighted by Gasteiger charge is 2.42. The fourth-order valence-corrected chi connectivity index (χ4v) is 6.00. The van der Waals surface area contributed by atoms with Crippen LogP contribution in [0.4, 0.5) is 0 Å². The first-order valence-corrected chi connectivity index (χ1v) is 11.6. The molecule has 1 aliphatic rings. The van der Waals surface area contributed by atoms with E-state index in [2.05, 4.69) is 0 Å². The Kier molecular flexibility index (Phi) is 5.69. The molecular formula is C17H21NO6S2. The molecule has 0 unspecified atom stereocenters. The van der Waals surface area contributed by atoms with Gasteiger partial charge in [0.25, 0.3) is 0 Å². The molecule has 1 aliphatic heterocycles. The summed E-state index contributed by atoms with van der Waals surface area (Å²) in [5.41, 5.74) is 0. The largest absolute Gasteiger partial charge is 0.494 e. The van der Waals surface area contributed by atoms with Crippen LogP contribution in [-0.2, 0) is 25.6 Å². The smallest absolute Gasteiger partial charge is 0.214 e. The molecule has 2 heterocycles. The Labute approximate surface area is 153 Å². The minimum atomic E-state index is -3.47. The summed E-state index contributed by atoms with van der Waals surface area (Å²) in [6, 6.07) is 12.4. The summed E-state index contributed by atoms with van der Waals surface area (Å²) in [4.78, 5) is 0. The fraction of sp³-hybridized carbons (Fsp3) is 0.412. The first-order valence-electron chi connectivity index (χ1n) is 8.26. The second kappa shape index (κ2) is 7.81. The number of hydrogen-bond donors (Lipinski definition) is 0. The third-order valence-electron chi connectivity index (χ3n) is 4.20. The van der Waals surface area contributed by atoms with Crippen molar-refractivity contribution in [3.8, 4) is 5.75 Å². The zero-order valence-corrected chi connectivity index (χ0v) is 15.8. The normalized spacial score (nSPS) is 16.3. The maximum atomic E-state index is 12.3. The van der Waals surface area contributed by atoms with Crippen molar-refractivity contribution in [2.45, 2.75) is 17.4 Å². The number of sulfone groups is 1. The highest BCUT2D eigenvalue weighted by molar-refractivity contribution is 7.92. The van der Waals surface area contributed by atoms with Crippen molar-refractivity contribution in [3.63, 3.8) is 0 Å². The highest BCUT2D eigenvalue weighted by atomic mass is 32.2. The van der Waals surface area contributed by atoms with Crippen LogP contribution >= 0.6 is 0 Å². The minimum Gasteiger partial charge on any atom is -0.494 e. The van der Waals surface area contributed by atoms with Gasteiger partial charge in [0, 0.05) is 13.1 Å². The zero-order valence-electron chi connectivity index (χ0n) is 14.2. The molecule has 2 aromatic rings. The van der Waals surface area contributed by atoms with E-state index < -0.39 is 25.1 Å². The first-order chi connectivity index (χ1) is 12.4. The van der Waals surface area contributed by atoms with E-state index in [-0.39, 0.29) is 31.2 Å². The van der Waals surface area contributed by atoms with Crippen LogP contribution in [-0.4, -0.2) is 51.8 Å². The van der Waals surface area contributed by atoms with E-state index in [0.717, 1.165) is 0 Å². The summed E-state index contributed by atoms with van der Waals surface area (Å²) < 4.78 is 60.8. The number of ether oxygens (including phenoxy) is 1. The fourth-order valence-electron chi connectivity index (χ4n) is 2.64. The molecule has 26 heavy (non-hydrogen) atoms. The van der Waals surface area contributed by atoms with Crippen molar-refractivity contribution in [1.29, 1.82) is 0 Å². The number of furan rings is 1. The Morgan fingerprint density at radius 2 is 1.77 bits per heavy atom. The van der Waals surface area contributed by atoms with Gasteiger partial charge in [-0.2, -0.15) is 4.31 Å². The summed E-state index contributed by atoms with van der Waals surface area (Å²) in [5.74, 6) is 0.788. The molecule has 142 valence electrons. The van der Waals surface area contributed by atoms with Gasteiger partial charge in [-0.05, 0) is 30.7 Å². The SMILES string of the molecule is O=S(=O)(Cc1ccco1)C1CN(S(=O)(=O)CCCOc2ccccc2)C1. The van der Waals surface area contributed by atoms with Gasteiger partial charge in [-0.1, -0.05) is 18.2 Å². The molecule has 1 aromatic carbocycles. The van der Waals surface area contributed by atoms with Crippen molar-refractivity contribution in [2.24, 2.45) is 0 Å². The van der Waals surface area contributed by atoms with Crippen LogP contribution in [0.15, 0.2) is 53.1 Å². The van der Waals surface area contributed by atoms with Crippen LogP contribution in [0.3, 0.4) is 0 Å². The van der Waals surface area contributed by atoms with Crippen LogP contribution in [0.2, 0.25) is 0 Å². The monoisotopic (exact) mass is 399 g/mol. The van der Waals surface area contributed by atoms with E-state index >= 15 is 0 Å². The van der Waals surface area contributed by atoms with Crippen molar-refractivity contribution >= 4 is 19.9 Å². The molecule has 0 spiro atoms. The van der Waals surface area contributed by atoms with Crippen molar-refractivity contribution in [2.75, 3.05) is 25.4 Å². The molecule has 0 radical (unpaired) electrons. The third kappa shape index (κ3) is 4.66. The lowest BCUT2D eigenvalue weighted by molar-refractivity contribution is 0.299. The molecule has 3 rings (SSSR count). The number of rotatable bonds is 9. The number of para-hydroxylation sites is 1. The quantitative estimate of drug-likeness (QED) is 0.596. The molecule has 1 fully saturated rings. The zero-order chi connectivity index (χ0) is 18.6. The summed E-state index contributed by atoms with van der Waals surface area (Å²) in [7, 11) is -6.89. The molecule has 0 bridgehead atoms. The molecule has 1 aromatic heterocycles. The van der Waals surface area contributed by atoms with Crippen LogP contribution in [0, 0.1) is 0 Å². The molecule has 9 heteroatoms. The van der Waals surface area contributed by atoms with Crippen LogP contribution < -0.4 is 4.74 Å². The summed E-state index contributed by atoms with van der Waals surface area (Å²) in [5, 5.41) is -0.678. The summed E-state index contributed by atoms with van der Waals surface area (Å²) in [6.45, 7) is 0.299. The number of nitrogens with zero attached hydrogens (tertiary/aromatic N) is 1. The van der Waals surface area contributed by atoms with E-state index in [1.165, 1.54) is 10.6 Å². The molecule has 0 atom stereocenters.